The topological polar surface area (TPSA) is 122 Å². The van der Waals surface area contributed by atoms with Gasteiger partial charge in [-0.2, -0.15) is 0 Å². The molecule has 6 rings (SSSR count). The Hall–Kier alpha value is -2.96. The van der Waals surface area contributed by atoms with Crippen molar-refractivity contribution in [2.24, 2.45) is 11.7 Å². The number of carbonyl (C=O) groups excluding carboxylic acids is 1. The van der Waals surface area contributed by atoms with Crippen LogP contribution in [-0.4, -0.2) is 58.2 Å². The SMILES string of the molecule is CCOC(=O)c1csc(Sc2nc(N3C[C@H]4C[C@@H]3C[C@H]4N)c3c(n2)[nH]c2c(NC)cc(F)cc23)n1. The first-order valence-corrected chi connectivity index (χ1v) is 13.2. The lowest BCUT2D eigenvalue weighted by Gasteiger charge is -2.31. The predicted molar refractivity (Wildman–Crippen MR) is 135 cm³/mol. The molecule has 3 aromatic heterocycles. The number of halogens is 1. The lowest BCUT2D eigenvalue weighted by atomic mass is 10.0. The largest absolute Gasteiger partial charge is 0.461 e. The highest BCUT2D eigenvalue weighted by Gasteiger charge is 2.44. The number of rotatable bonds is 6. The van der Waals surface area contributed by atoms with E-state index < -0.39 is 5.97 Å². The Balaban J connectivity index is 1.47. The third kappa shape index (κ3) is 3.80. The van der Waals surface area contributed by atoms with Crippen LogP contribution in [0.15, 0.2) is 27.0 Å². The van der Waals surface area contributed by atoms with Crippen LogP contribution in [0.25, 0.3) is 21.9 Å². The molecule has 3 atom stereocenters. The third-order valence-corrected chi connectivity index (χ3v) is 8.57. The van der Waals surface area contributed by atoms with Gasteiger partial charge >= 0.3 is 5.97 Å². The van der Waals surface area contributed by atoms with E-state index in [1.54, 1.807) is 19.4 Å². The molecule has 9 nitrogen and oxygen atoms in total. The second kappa shape index (κ2) is 8.61. The zero-order valence-corrected chi connectivity index (χ0v) is 20.8. The summed E-state index contributed by atoms with van der Waals surface area (Å²) < 4.78 is 20.2. The number of thiazole rings is 1. The van der Waals surface area contributed by atoms with Gasteiger partial charge in [0.2, 0.25) is 0 Å². The molecule has 2 aliphatic rings. The van der Waals surface area contributed by atoms with Gasteiger partial charge in [0.15, 0.2) is 15.2 Å². The lowest BCUT2D eigenvalue weighted by Crippen LogP contribution is -2.41. The molecule has 4 N–H and O–H groups in total. The molecule has 0 unspecified atom stereocenters. The second-order valence-electron chi connectivity index (χ2n) is 8.83. The van der Waals surface area contributed by atoms with Crippen LogP contribution in [0.3, 0.4) is 0 Å². The molecule has 0 spiro atoms. The van der Waals surface area contributed by atoms with Crippen molar-refractivity contribution in [3.05, 3.63) is 29.0 Å². The lowest BCUT2D eigenvalue weighted by molar-refractivity contribution is 0.0520. The zero-order chi connectivity index (χ0) is 24.3. The number of nitrogens with two attached hydrogens (primary N) is 1. The molecule has 2 fully saturated rings. The summed E-state index contributed by atoms with van der Waals surface area (Å²) in [6.07, 6.45) is 1.94. The van der Waals surface area contributed by atoms with E-state index in [1.807, 2.05) is 0 Å². The monoisotopic (exact) mass is 513 g/mol. The standard InChI is InChI=1S/C23H24FN7O2S2/c1-3-33-21(32)16-9-34-23(27-16)35-22-29-19-17(13-5-11(24)6-15(26-2)18(13)28-19)20(30-22)31-8-10-4-12(31)7-14(10)25/h5-6,9-10,12,14,26H,3-4,7-8,25H2,1-2H3,(H,28,29,30)/t10-,12-,14-/m1/s1. The molecule has 1 aromatic carbocycles. The summed E-state index contributed by atoms with van der Waals surface area (Å²) in [5.41, 5.74) is 8.64. The molecule has 4 heterocycles. The van der Waals surface area contributed by atoms with Crippen molar-refractivity contribution < 1.29 is 13.9 Å². The van der Waals surface area contributed by atoms with E-state index in [1.165, 1.54) is 35.2 Å². The van der Waals surface area contributed by atoms with Crippen LogP contribution in [0.2, 0.25) is 0 Å². The minimum absolute atomic E-state index is 0.204. The average Bonchev–Trinajstić information content (AvgIpc) is 3.61. The number of hydrogen-bond acceptors (Lipinski definition) is 10. The normalized spacial score (nSPS) is 21.4. The van der Waals surface area contributed by atoms with Gasteiger partial charge in [-0.25, -0.2) is 24.1 Å². The minimum atomic E-state index is -0.450. The molecule has 2 bridgehead atoms. The molecule has 12 heteroatoms. The third-order valence-electron chi connectivity index (χ3n) is 6.77. The molecule has 0 amide bonds. The van der Waals surface area contributed by atoms with E-state index >= 15 is 0 Å². The highest BCUT2D eigenvalue weighted by molar-refractivity contribution is 8.00. The highest BCUT2D eigenvalue weighted by atomic mass is 32.2. The summed E-state index contributed by atoms with van der Waals surface area (Å²) in [4.78, 5) is 31.8. The summed E-state index contributed by atoms with van der Waals surface area (Å²) in [5, 5.41) is 6.78. The Morgan fingerprint density at radius 1 is 1.37 bits per heavy atom. The van der Waals surface area contributed by atoms with Crippen LogP contribution in [-0.2, 0) is 4.74 Å². The number of nitrogens with zero attached hydrogens (tertiary/aromatic N) is 4. The molecule has 1 aliphatic carbocycles. The Morgan fingerprint density at radius 3 is 2.94 bits per heavy atom. The fraction of sp³-hybridized carbons (Fsp3) is 0.391. The fourth-order valence-corrected chi connectivity index (χ4v) is 6.85. The van der Waals surface area contributed by atoms with Gasteiger partial charge in [0, 0.05) is 36.4 Å². The van der Waals surface area contributed by atoms with Crippen molar-refractivity contribution in [3.8, 4) is 0 Å². The summed E-state index contributed by atoms with van der Waals surface area (Å²) in [6.45, 7) is 2.86. The first-order chi connectivity index (χ1) is 16.9. The highest BCUT2D eigenvalue weighted by Crippen LogP contribution is 2.44. The molecule has 1 saturated carbocycles. The number of esters is 1. The molecule has 1 saturated heterocycles. The van der Waals surface area contributed by atoms with Crippen LogP contribution in [0, 0.1) is 11.7 Å². The van der Waals surface area contributed by atoms with Crippen LogP contribution in [0.1, 0.15) is 30.3 Å². The van der Waals surface area contributed by atoms with Crippen molar-refractivity contribution in [1.29, 1.82) is 0 Å². The number of fused-ring (bicyclic) bond motifs is 5. The number of H-pyrrole nitrogens is 1. The van der Waals surface area contributed by atoms with Crippen LogP contribution in [0.5, 0.6) is 0 Å². The number of hydrogen-bond donors (Lipinski definition) is 3. The number of aromatic nitrogens is 4. The Morgan fingerprint density at radius 2 is 2.23 bits per heavy atom. The van der Waals surface area contributed by atoms with E-state index in [4.69, 9.17) is 20.4 Å². The number of piperidine rings is 1. The summed E-state index contributed by atoms with van der Waals surface area (Å²) in [7, 11) is 1.76. The van der Waals surface area contributed by atoms with E-state index in [0.29, 0.717) is 39.4 Å². The van der Waals surface area contributed by atoms with Crippen LogP contribution in [0.4, 0.5) is 15.9 Å². The van der Waals surface area contributed by atoms with Gasteiger partial charge in [-0.1, -0.05) is 0 Å². The maximum Gasteiger partial charge on any atom is 0.357 e. The van der Waals surface area contributed by atoms with E-state index in [2.05, 4.69) is 20.2 Å². The Labute approximate surface area is 208 Å². The predicted octanol–water partition coefficient (Wildman–Crippen LogP) is 4.00. The summed E-state index contributed by atoms with van der Waals surface area (Å²) >= 11 is 2.63. The van der Waals surface area contributed by atoms with Gasteiger partial charge in [-0.3, -0.25) is 0 Å². The van der Waals surface area contributed by atoms with Crippen LogP contribution < -0.4 is 16.0 Å². The first kappa shape index (κ1) is 22.5. The minimum Gasteiger partial charge on any atom is -0.461 e. The van der Waals surface area contributed by atoms with Gasteiger partial charge in [0.1, 0.15) is 17.3 Å². The number of nitrogens with one attached hydrogen (secondary N) is 2. The van der Waals surface area contributed by atoms with Crippen molar-refractivity contribution >= 4 is 62.5 Å². The smallest absolute Gasteiger partial charge is 0.357 e. The van der Waals surface area contributed by atoms with Gasteiger partial charge < -0.3 is 25.7 Å². The summed E-state index contributed by atoms with van der Waals surface area (Å²) in [6, 6.07) is 3.49. The maximum absolute atomic E-state index is 14.5. The van der Waals surface area contributed by atoms with Gasteiger partial charge in [0.05, 0.1) is 23.2 Å². The molecular weight excluding hydrogens is 489 g/mol. The van der Waals surface area contributed by atoms with Crippen molar-refractivity contribution in [2.45, 2.75) is 41.3 Å². The molecule has 4 aromatic rings. The zero-order valence-electron chi connectivity index (χ0n) is 19.2. The second-order valence-corrected chi connectivity index (χ2v) is 10.9. The van der Waals surface area contributed by atoms with Crippen LogP contribution >= 0.6 is 23.1 Å². The van der Waals surface area contributed by atoms with Crippen molar-refractivity contribution in [1.82, 2.24) is 19.9 Å². The number of ether oxygens (including phenoxy) is 1. The first-order valence-electron chi connectivity index (χ1n) is 11.5. The number of benzene rings is 1. The maximum atomic E-state index is 14.5. The molecule has 1 aliphatic heterocycles. The van der Waals surface area contributed by atoms with E-state index in [9.17, 15) is 9.18 Å². The van der Waals surface area contributed by atoms with Gasteiger partial charge in [-0.05, 0) is 49.6 Å². The Bertz CT molecular complexity index is 1450. The summed E-state index contributed by atoms with van der Waals surface area (Å²) in [5.74, 6) is 0.417. The molecular formula is C23H24FN7O2S2. The number of carbonyl (C=O) groups is 1. The Kier molecular flexibility index (Phi) is 5.53. The van der Waals surface area contributed by atoms with Gasteiger partial charge in [0.25, 0.3) is 0 Å². The van der Waals surface area contributed by atoms with E-state index in [0.717, 1.165) is 41.5 Å². The number of aromatic amines is 1. The molecule has 0 radical (unpaired) electrons. The molecule has 182 valence electrons. The number of anilines is 2. The average molecular weight is 514 g/mol. The van der Waals surface area contributed by atoms with Crippen molar-refractivity contribution in [2.75, 3.05) is 30.4 Å². The fourth-order valence-electron chi connectivity index (χ4n) is 5.21. The van der Waals surface area contributed by atoms with E-state index in [-0.39, 0.29) is 17.6 Å². The van der Waals surface area contributed by atoms with Gasteiger partial charge in [-0.15, -0.1) is 11.3 Å². The van der Waals surface area contributed by atoms with Crippen molar-refractivity contribution in [3.63, 3.8) is 0 Å². The molecule has 35 heavy (non-hydrogen) atoms. The quantitative estimate of drug-likeness (QED) is 0.259.